The Morgan fingerprint density at radius 3 is 1.04 bits per heavy atom. The number of rotatable bonds is 7. The van der Waals surface area contributed by atoms with Crippen LogP contribution in [-0.4, -0.2) is 57.2 Å². The van der Waals surface area contributed by atoms with Gasteiger partial charge < -0.3 is 29.8 Å². The Morgan fingerprint density at radius 2 is 1.00 bits per heavy atom. The molecule has 0 aliphatic heterocycles. The summed E-state index contributed by atoms with van der Waals surface area (Å²) in [7, 11) is -12.6. The predicted octanol–water partition coefficient (Wildman–Crippen LogP) is 0.570. The monoisotopic (exact) mass is 488 g/mol. The summed E-state index contributed by atoms with van der Waals surface area (Å²) >= 11 is 0. The van der Waals surface area contributed by atoms with Gasteiger partial charge in [0, 0.05) is 30.8 Å². The van der Waals surface area contributed by atoms with E-state index in [0.717, 1.165) is 14.2 Å². The van der Waals surface area contributed by atoms with Crippen LogP contribution in [0.1, 0.15) is 0 Å². The molecule has 0 fully saturated rings. The molecule has 150 valence electrons. The van der Waals surface area contributed by atoms with E-state index in [-0.39, 0.29) is 34.9 Å². The first-order chi connectivity index (χ1) is 10.8. The molecule has 0 amide bonds. The summed E-state index contributed by atoms with van der Waals surface area (Å²) in [6, 6.07) is 0. The molecule has 0 aliphatic rings. The van der Waals surface area contributed by atoms with E-state index in [4.69, 9.17) is 29.8 Å². The van der Waals surface area contributed by atoms with E-state index in [0.29, 0.717) is 0 Å². The van der Waals surface area contributed by atoms with E-state index >= 15 is 0 Å². The third-order valence-electron chi connectivity index (χ3n) is 0.744. The van der Waals surface area contributed by atoms with Crippen LogP contribution in [0.4, 0.5) is 0 Å². The zero-order valence-electron chi connectivity index (χ0n) is 13.1. The first-order valence-corrected chi connectivity index (χ1v) is 10.3. The van der Waals surface area contributed by atoms with E-state index in [9.17, 15) is 18.3 Å². The van der Waals surface area contributed by atoms with Crippen molar-refractivity contribution < 1.29 is 87.4 Å². The normalized spacial score (nSPS) is 11.0. The van der Waals surface area contributed by atoms with Crippen LogP contribution >= 0.6 is 32.2 Å². The molecule has 0 aromatic carbocycles. The molecule has 6 N–H and O–H groups in total. The van der Waals surface area contributed by atoms with Gasteiger partial charge in [0.15, 0.2) is 0 Å². The summed E-state index contributed by atoms with van der Waals surface area (Å²) in [6.07, 6.45) is 0. The number of hydrogen-bond acceptors (Lipinski definition) is 10. The van der Waals surface area contributed by atoms with Crippen LogP contribution in [0.15, 0.2) is 13.2 Å². The number of aliphatic hydroxyl groups excluding tert-OH is 2. The van der Waals surface area contributed by atoms with Crippen molar-refractivity contribution in [3.8, 4) is 0 Å². The van der Waals surface area contributed by atoms with Gasteiger partial charge in [0.1, 0.15) is 0 Å². The molecular formula is C6H20O14P4Ti+2. The molecule has 0 spiro atoms. The second kappa shape index (κ2) is 22.8. The van der Waals surface area contributed by atoms with Gasteiger partial charge in [0.25, 0.3) is 0 Å². The van der Waals surface area contributed by atoms with Crippen molar-refractivity contribution in [2.45, 2.75) is 0 Å². The smallest absolute Gasteiger partial charge is 0.394 e. The standard InChI is InChI=1S/C2H6O2.C2H4.2CH4O6P2.Ti/c3-1-2-4;1-2;2*1-6-8(2)7-9(3,4)5;/h3-4H,1-2H2;1-2H2;2*1H3,(H-,3,4,5);/p+2. The quantitative estimate of drug-likeness (QED) is 0.164. The van der Waals surface area contributed by atoms with Crippen molar-refractivity contribution in [3.63, 3.8) is 0 Å². The van der Waals surface area contributed by atoms with Gasteiger partial charge in [0.05, 0.1) is 27.4 Å². The molecule has 0 rings (SSSR count). The first kappa shape index (κ1) is 36.6. The molecule has 0 radical (unpaired) electrons. The maximum absolute atomic E-state index is 10.0. The minimum atomic E-state index is -4.65. The van der Waals surface area contributed by atoms with Crippen LogP contribution in [0, 0.1) is 0 Å². The zero-order chi connectivity index (χ0) is 20.4. The molecule has 0 heterocycles. The van der Waals surface area contributed by atoms with Gasteiger partial charge in [-0.2, -0.15) is 0 Å². The summed E-state index contributed by atoms with van der Waals surface area (Å²) < 4.78 is 54.6. The summed E-state index contributed by atoms with van der Waals surface area (Å²) in [5, 5.41) is 15.2. The molecule has 19 heteroatoms. The Balaban J connectivity index is -0.0000000791. The van der Waals surface area contributed by atoms with E-state index in [2.05, 4.69) is 30.8 Å². The third-order valence-corrected chi connectivity index (χ3v) is 4.11. The third kappa shape index (κ3) is 51.6. The summed E-state index contributed by atoms with van der Waals surface area (Å²) in [4.78, 5) is 31.8. The van der Waals surface area contributed by atoms with Crippen molar-refractivity contribution >= 4 is 32.2 Å². The SMILES string of the molecule is C=C.CO[P+](=O)OP(=O)(O)O.CO[P+](=O)OP(=O)(O)O.OCCO.[Ti]. The maximum atomic E-state index is 10.0. The van der Waals surface area contributed by atoms with E-state index in [1.54, 1.807) is 0 Å². The van der Waals surface area contributed by atoms with Crippen LogP contribution < -0.4 is 0 Å². The number of hydrogen-bond donors (Lipinski definition) is 6. The number of phosphoric acid groups is 2. The molecule has 0 aromatic heterocycles. The van der Waals surface area contributed by atoms with Gasteiger partial charge in [-0.05, 0) is 8.62 Å². The number of aliphatic hydroxyl groups is 2. The largest absolute Gasteiger partial charge is 0.708 e. The maximum Gasteiger partial charge on any atom is 0.708 e. The molecule has 25 heavy (non-hydrogen) atoms. The fraction of sp³-hybridized carbons (Fsp3) is 0.667. The summed E-state index contributed by atoms with van der Waals surface area (Å²) in [5.74, 6) is 0. The van der Waals surface area contributed by atoms with Crippen LogP contribution in [-0.2, 0) is 57.6 Å². The predicted molar refractivity (Wildman–Crippen MR) is 80.9 cm³/mol. The Bertz CT molecular complexity index is 382. The van der Waals surface area contributed by atoms with Gasteiger partial charge in [-0.25, -0.2) is 9.13 Å². The Morgan fingerprint density at radius 1 is 0.800 bits per heavy atom. The Labute approximate surface area is 160 Å². The fourth-order valence-electron chi connectivity index (χ4n) is 0.240. The summed E-state index contributed by atoms with van der Waals surface area (Å²) in [6.45, 7) is 5.75. The van der Waals surface area contributed by atoms with E-state index in [1.165, 1.54) is 0 Å². The average molecular weight is 488 g/mol. The minimum absolute atomic E-state index is 0. The van der Waals surface area contributed by atoms with Crippen molar-refractivity contribution in [1.82, 2.24) is 0 Å². The van der Waals surface area contributed by atoms with Crippen LogP contribution in [0.2, 0.25) is 0 Å². The van der Waals surface area contributed by atoms with Gasteiger partial charge in [-0.1, -0.05) is 0 Å². The molecule has 0 aliphatic carbocycles. The molecule has 0 saturated heterocycles. The second-order valence-corrected chi connectivity index (χ2v) is 7.30. The summed E-state index contributed by atoms with van der Waals surface area (Å²) in [5.41, 5.74) is 0. The molecule has 2 unspecified atom stereocenters. The Kier molecular flexibility index (Phi) is 33.3. The van der Waals surface area contributed by atoms with Gasteiger partial charge in [-0.3, -0.25) is 0 Å². The molecule has 0 aromatic rings. The fourth-order valence-corrected chi connectivity index (χ4v) is 2.16. The second-order valence-electron chi connectivity index (χ2n) is 2.40. The van der Waals surface area contributed by atoms with Crippen LogP contribution in [0.5, 0.6) is 0 Å². The van der Waals surface area contributed by atoms with Crippen molar-refractivity contribution in [2.24, 2.45) is 0 Å². The molecular weight excluding hydrogens is 468 g/mol. The van der Waals surface area contributed by atoms with E-state index < -0.39 is 32.2 Å². The van der Waals surface area contributed by atoms with Crippen molar-refractivity contribution in [1.29, 1.82) is 0 Å². The Hall–Kier alpha value is 0.714. The first-order valence-electron chi connectivity index (χ1n) is 5.07. The van der Waals surface area contributed by atoms with Crippen LogP contribution in [0.3, 0.4) is 0 Å². The average Bonchev–Trinajstić information content (AvgIpc) is 2.46. The minimum Gasteiger partial charge on any atom is -0.394 e. The molecule has 2 atom stereocenters. The van der Waals surface area contributed by atoms with E-state index in [1.807, 2.05) is 0 Å². The van der Waals surface area contributed by atoms with Gasteiger partial charge in [-0.15, -0.1) is 22.2 Å². The van der Waals surface area contributed by atoms with Crippen molar-refractivity contribution in [2.75, 3.05) is 27.4 Å². The van der Waals surface area contributed by atoms with Gasteiger partial charge >= 0.3 is 32.2 Å². The van der Waals surface area contributed by atoms with Gasteiger partial charge in [0.2, 0.25) is 0 Å². The molecule has 14 nitrogen and oxygen atoms in total. The van der Waals surface area contributed by atoms with Crippen molar-refractivity contribution in [3.05, 3.63) is 13.2 Å². The topological polar surface area (TPSA) is 227 Å². The molecule has 0 bridgehead atoms. The molecule has 0 saturated carbocycles. The van der Waals surface area contributed by atoms with Crippen LogP contribution in [0.25, 0.3) is 0 Å². The zero-order valence-corrected chi connectivity index (χ0v) is 18.2.